The summed E-state index contributed by atoms with van der Waals surface area (Å²) in [5.41, 5.74) is -3.86. The molecule has 0 aliphatic heterocycles. The maximum atomic E-state index is 12.2. The molecule has 1 aliphatic rings. The minimum atomic E-state index is -5.02. The van der Waals surface area contributed by atoms with Crippen LogP contribution in [0.5, 0.6) is 46.0 Å². The molecule has 0 saturated heterocycles. The fourth-order valence-electron chi connectivity index (χ4n) is 7.48. The lowest BCUT2D eigenvalue weighted by Crippen LogP contribution is -2.12. The van der Waals surface area contributed by atoms with Gasteiger partial charge in [-0.2, -0.15) is 37.9 Å². The van der Waals surface area contributed by atoms with Gasteiger partial charge in [-0.3, -0.25) is 13.7 Å². The number of aromatic hydroxyl groups is 8. The number of phenols is 8. The zero-order valence-electron chi connectivity index (χ0n) is 30.5. The highest BCUT2D eigenvalue weighted by Gasteiger charge is 2.35. The highest BCUT2D eigenvalue weighted by Crippen LogP contribution is 2.53. The van der Waals surface area contributed by atoms with Crippen molar-refractivity contribution in [2.24, 2.45) is 0 Å². The molecule has 1 aliphatic carbocycles. The number of hydrogen-bond acceptors (Lipinski definition) is 15. The molecule has 4 aromatic rings. The minimum Gasteiger partial charge on any atom is -0.507 e. The van der Waals surface area contributed by atoms with Crippen LogP contribution >= 0.6 is 12.6 Å². The van der Waals surface area contributed by atoms with E-state index < -0.39 is 134 Å². The molecule has 0 amide bonds. The molecule has 310 valence electrons. The second-order valence-electron chi connectivity index (χ2n) is 14.1. The first kappa shape index (κ1) is 43.5. The summed E-state index contributed by atoms with van der Waals surface area (Å²) in [4.78, 5) is 0. The van der Waals surface area contributed by atoms with Crippen molar-refractivity contribution in [3.63, 3.8) is 0 Å². The lowest BCUT2D eigenvalue weighted by molar-refractivity contribution is 0.415. The number of benzene rings is 4. The van der Waals surface area contributed by atoms with Crippen LogP contribution in [0.1, 0.15) is 118 Å². The standard InChI is InChI=1S/C36H40O17S4/c1-13-17-5-18(30(38)25(9-54)29(17)37)14(2)20-7-22(34(42)27(32(20)40)11-56(48,49)50)16(4)24-8-23(35(43)28(36(24)44)12-57(51,52)53)15(3)21-6-19(13)31(39)26(33(21)41)10-55(45,46)47/h5-8,13-16,37-44,54H,9-12H2,1-4H3,(H,45,46,47)(H,48,49,50)(H,51,52,53)/t13-,14+,15-,16+. The first-order valence-corrected chi connectivity index (χ1v) is 22.3. The van der Waals surface area contributed by atoms with E-state index in [2.05, 4.69) is 12.6 Å². The van der Waals surface area contributed by atoms with Crippen LogP contribution in [-0.2, 0) is 53.4 Å². The summed E-state index contributed by atoms with van der Waals surface area (Å²) < 4.78 is 103. The molecule has 0 saturated carbocycles. The van der Waals surface area contributed by atoms with Crippen LogP contribution in [0.15, 0.2) is 24.3 Å². The molecule has 4 atom stereocenters. The Morgan fingerprint density at radius 1 is 0.386 bits per heavy atom. The van der Waals surface area contributed by atoms with Crippen molar-refractivity contribution in [2.75, 3.05) is 0 Å². The highest BCUT2D eigenvalue weighted by atomic mass is 32.2. The number of thiol groups is 1. The Labute approximate surface area is 332 Å². The van der Waals surface area contributed by atoms with Gasteiger partial charge in [-0.05, 0) is 24.3 Å². The third kappa shape index (κ3) is 8.09. The quantitative estimate of drug-likeness (QED) is 0.0872. The van der Waals surface area contributed by atoms with Crippen molar-refractivity contribution in [3.05, 3.63) is 91.0 Å². The van der Waals surface area contributed by atoms with E-state index in [0.29, 0.717) is 0 Å². The molecule has 11 N–H and O–H groups in total. The van der Waals surface area contributed by atoms with Crippen LogP contribution in [0.2, 0.25) is 0 Å². The van der Waals surface area contributed by atoms with Crippen LogP contribution in [0, 0.1) is 0 Å². The van der Waals surface area contributed by atoms with Gasteiger partial charge in [0.15, 0.2) is 0 Å². The molecule has 0 fully saturated rings. The van der Waals surface area contributed by atoms with Gasteiger partial charge in [-0.15, -0.1) is 0 Å². The number of fused-ring (bicyclic) bond motifs is 8. The third-order valence-electron chi connectivity index (χ3n) is 10.6. The SMILES string of the molecule is C[C@@H]1c2cc(c(O)c(CS(=O)(=O)O)c2O)[C@H](C)c2cc(c(O)c(CS(=O)(=O)O)c2O)[C@H](C)c2cc(c(O)c(CS)c2O)[C@H](C)c2cc1c(O)c(CS(=O)(=O)O)c2O. The zero-order chi connectivity index (χ0) is 43.0. The first-order valence-electron chi connectivity index (χ1n) is 16.9. The average molecular weight is 873 g/mol. The molecule has 0 unspecified atom stereocenters. The first-order chi connectivity index (χ1) is 26.1. The van der Waals surface area contributed by atoms with Crippen molar-refractivity contribution < 1.29 is 79.8 Å². The van der Waals surface area contributed by atoms with Crippen molar-refractivity contribution in [2.45, 2.75) is 74.4 Å². The summed E-state index contributed by atoms with van der Waals surface area (Å²) in [6, 6.07) is 4.77. The smallest absolute Gasteiger partial charge is 0.269 e. The topological polar surface area (TPSA) is 325 Å². The van der Waals surface area contributed by atoms with E-state index in [4.69, 9.17) is 0 Å². The number of hydrogen-bond donors (Lipinski definition) is 12. The largest absolute Gasteiger partial charge is 0.507 e. The fraction of sp³-hybridized carbons (Fsp3) is 0.333. The Morgan fingerprint density at radius 3 is 0.684 bits per heavy atom. The van der Waals surface area contributed by atoms with Crippen LogP contribution in [0.4, 0.5) is 0 Å². The van der Waals surface area contributed by atoms with Gasteiger partial charge in [0, 0.05) is 79.5 Å². The van der Waals surface area contributed by atoms with Gasteiger partial charge in [-0.25, -0.2) is 0 Å². The van der Waals surface area contributed by atoms with Gasteiger partial charge in [0.25, 0.3) is 30.4 Å². The molecule has 21 heteroatoms. The summed E-state index contributed by atoms with van der Waals surface area (Å²) in [5, 5.41) is 92.1. The van der Waals surface area contributed by atoms with E-state index in [9.17, 15) is 79.8 Å². The summed E-state index contributed by atoms with van der Waals surface area (Å²) in [6.07, 6.45) is 0. The normalized spacial score (nSPS) is 18.7. The highest BCUT2D eigenvalue weighted by molar-refractivity contribution is 7.85. The minimum absolute atomic E-state index is 0.0431. The van der Waals surface area contributed by atoms with Crippen LogP contribution in [0.25, 0.3) is 0 Å². The second-order valence-corrected chi connectivity index (χ2v) is 18.8. The molecule has 0 heterocycles. The Kier molecular flexibility index (Phi) is 11.4. The molecular weight excluding hydrogens is 833 g/mol. The second kappa shape index (κ2) is 14.9. The van der Waals surface area contributed by atoms with Crippen LogP contribution in [0.3, 0.4) is 0 Å². The van der Waals surface area contributed by atoms with E-state index in [-0.39, 0.29) is 55.8 Å². The Hall–Kier alpha value is -4.64. The Morgan fingerprint density at radius 2 is 0.544 bits per heavy atom. The summed E-state index contributed by atoms with van der Waals surface area (Å²) in [5.74, 6) is -15.9. The molecule has 57 heavy (non-hydrogen) atoms. The molecular formula is C36H40O17S4. The van der Waals surface area contributed by atoms with E-state index in [0.717, 1.165) is 6.07 Å². The van der Waals surface area contributed by atoms with E-state index in [1.807, 2.05) is 0 Å². The molecule has 8 bridgehead atoms. The van der Waals surface area contributed by atoms with E-state index in [1.54, 1.807) is 0 Å². The van der Waals surface area contributed by atoms with Gasteiger partial charge >= 0.3 is 0 Å². The zero-order valence-corrected chi connectivity index (χ0v) is 33.8. The van der Waals surface area contributed by atoms with Crippen molar-refractivity contribution in [1.29, 1.82) is 0 Å². The molecule has 0 aromatic heterocycles. The van der Waals surface area contributed by atoms with E-state index in [1.165, 1.54) is 45.9 Å². The van der Waals surface area contributed by atoms with Crippen molar-refractivity contribution >= 4 is 43.0 Å². The number of rotatable bonds is 7. The van der Waals surface area contributed by atoms with Gasteiger partial charge in [-0.1, -0.05) is 27.7 Å². The average Bonchev–Trinajstić information content (AvgIpc) is 3.08. The fourth-order valence-corrected chi connectivity index (χ4v) is 9.69. The van der Waals surface area contributed by atoms with Crippen LogP contribution in [-0.4, -0.2) is 79.8 Å². The van der Waals surface area contributed by atoms with Crippen molar-refractivity contribution in [1.82, 2.24) is 0 Å². The lowest BCUT2D eigenvalue weighted by Gasteiger charge is -2.28. The van der Waals surface area contributed by atoms with Gasteiger partial charge in [0.2, 0.25) is 0 Å². The summed E-state index contributed by atoms with van der Waals surface area (Å²) >= 11 is 4.25. The lowest BCUT2D eigenvalue weighted by atomic mass is 9.78. The molecule has 5 rings (SSSR count). The van der Waals surface area contributed by atoms with Gasteiger partial charge < -0.3 is 40.9 Å². The maximum absolute atomic E-state index is 12.2. The Balaban J connectivity index is 2.06. The molecule has 17 nitrogen and oxygen atoms in total. The van der Waals surface area contributed by atoms with Crippen LogP contribution < -0.4 is 0 Å². The predicted octanol–water partition coefficient (Wildman–Crippen LogP) is 4.85. The monoisotopic (exact) mass is 872 g/mol. The molecule has 0 radical (unpaired) electrons. The third-order valence-corrected chi connectivity index (χ3v) is 12.9. The molecule has 0 spiro atoms. The maximum Gasteiger partial charge on any atom is 0.269 e. The van der Waals surface area contributed by atoms with Crippen molar-refractivity contribution in [3.8, 4) is 46.0 Å². The van der Waals surface area contributed by atoms with Gasteiger partial charge in [0.05, 0.1) is 16.7 Å². The summed E-state index contributed by atoms with van der Waals surface area (Å²) in [7, 11) is -15.0. The van der Waals surface area contributed by atoms with Gasteiger partial charge in [0.1, 0.15) is 63.3 Å². The van der Waals surface area contributed by atoms with E-state index >= 15 is 0 Å². The molecule has 4 aromatic carbocycles. The number of phenolic OH excluding ortho intramolecular Hbond substituents is 8. The predicted molar refractivity (Wildman–Crippen MR) is 208 cm³/mol. The summed E-state index contributed by atoms with van der Waals surface area (Å²) in [6.45, 7) is 5.56. The Bertz CT molecular complexity index is 2520.